The maximum atomic E-state index is 5.71. The average Bonchev–Trinajstić information content (AvgIpc) is 3.22. The lowest BCUT2D eigenvalue weighted by Gasteiger charge is -2.14. The zero-order chi connectivity index (χ0) is 22.5. The Balaban J connectivity index is 1.82. The van der Waals surface area contributed by atoms with Crippen LogP contribution >= 0.6 is 0 Å². The third-order valence-electron chi connectivity index (χ3n) is 4.48. The Morgan fingerprint density at radius 1 is 1.06 bits per heavy atom. The minimum Gasteiger partial charge on any atom is -0.490 e. The molecule has 8 nitrogen and oxygen atoms in total. The van der Waals surface area contributed by atoms with E-state index in [0.29, 0.717) is 25.6 Å². The molecular weight excluding hydrogens is 394 g/mol. The molecule has 0 fully saturated rings. The Morgan fingerprint density at radius 3 is 2.52 bits per heavy atom. The van der Waals surface area contributed by atoms with Gasteiger partial charge in [-0.1, -0.05) is 25.1 Å². The lowest BCUT2D eigenvalue weighted by molar-refractivity contribution is 0.287. The van der Waals surface area contributed by atoms with Gasteiger partial charge in [-0.15, -0.1) is 0 Å². The molecule has 1 aromatic carbocycles. The summed E-state index contributed by atoms with van der Waals surface area (Å²) in [6.07, 6.45) is 2.44. The van der Waals surface area contributed by atoms with Crippen molar-refractivity contribution in [1.82, 2.24) is 20.8 Å². The van der Waals surface area contributed by atoms with Crippen LogP contribution in [0.5, 0.6) is 11.5 Å². The van der Waals surface area contributed by atoms with Crippen LogP contribution in [0.2, 0.25) is 0 Å². The van der Waals surface area contributed by atoms with E-state index in [-0.39, 0.29) is 5.92 Å². The van der Waals surface area contributed by atoms with Crippen LogP contribution in [0.1, 0.15) is 64.2 Å². The average molecular weight is 432 g/mol. The number of nitrogens with one attached hydrogen (secondary N) is 2. The maximum absolute atomic E-state index is 5.71. The van der Waals surface area contributed by atoms with Crippen LogP contribution in [-0.2, 0) is 12.8 Å². The first-order valence-corrected chi connectivity index (χ1v) is 11.3. The van der Waals surface area contributed by atoms with Crippen molar-refractivity contribution in [1.29, 1.82) is 0 Å². The molecule has 0 spiro atoms. The van der Waals surface area contributed by atoms with Gasteiger partial charge < -0.3 is 24.6 Å². The largest absolute Gasteiger partial charge is 0.490 e. The molecular formula is C23H37N5O3. The van der Waals surface area contributed by atoms with E-state index in [0.717, 1.165) is 55.6 Å². The fraction of sp³-hybridized carbons (Fsp3) is 0.609. The van der Waals surface area contributed by atoms with Gasteiger partial charge in [-0.3, -0.25) is 4.99 Å². The van der Waals surface area contributed by atoms with E-state index in [1.165, 1.54) is 5.56 Å². The summed E-state index contributed by atoms with van der Waals surface area (Å²) in [5, 5.41) is 10.7. The summed E-state index contributed by atoms with van der Waals surface area (Å²) < 4.78 is 16.6. The smallest absolute Gasteiger partial charge is 0.226 e. The molecule has 0 aliphatic heterocycles. The minimum atomic E-state index is 0.278. The summed E-state index contributed by atoms with van der Waals surface area (Å²) in [5.74, 6) is 4.11. The molecule has 1 heterocycles. The van der Waals surface area contributed by atoms with Crippen molar-refractivity contribution in [3.05, 3.63) is 35.5 Å². The molecule has 1 aromatic heterocycles. The van der Waals surface area contributed by atoms with Crippen molar-refractivity contribution in [2.24, 2.45) is 4.99 Å². The second kappa shape index (κ2) is 13.5. The summed E-state index contributed by atoms with van der Waals surface area (Å²) in [7, 11) is 0. The van der Waals surface area contributed by atoms with Gasteiger partial charge >= 0.3 is 0 Å². The summed E-state index contributed by atoms with van der Waals surface area (Å²) in [6.45, 7) is 13.6. The number of rotatable bonds is 13. The van der Waals surface area contributed by atoms with E-state index in [9.17, 15) is 0 Å². The highest BCUT2D eigenvalue weighted by atomic mass is 16.5. The molecule has 0 aliphatic rings. The van der Waals surface area contributed by atoms with Gasteiger partial charge in [-0.2, -0.15) is 4.98 Å². The molecule has 0 saturated heterocycles. The second-order valence-corrected chi connectivity index (χ2v) is 7.39. The van der Waals surface area contributed by atoms with E-state index < -0.39 is 0 Å². The van der Waals surface area contributed by atoms with Crippen LogP contribution < -0.4 is 20.1 Å². The second-order valence-electron chi connectivity index (χ2n) is 7.39. The summed E-state index contributed by atoms with van der Waals surface area (Å²) in [4.78, 5) is 9.05. The first-order chi connectivity index (χ1) is 15.1. The normalized spacial score (nSPS) is 11.6. The van der Waals surface area contributed by atoms with Crippen LogP contribution in [0.25, 0.3) is 0 Å². The quantitative estimate of drug-likeness (QED) is 0.284. The number of hydrogen-bond acceptors (Lipinski definition) is 6. The molecule has 0 radical (unpaired) electrons. The van der Waals surface area contributed by atoms with Crippen LogP contribution in [-0.4, -0.2) is 48.9 Å². The fourth-order valence-corrected chi connectivity index (χ4v) is 2.94. The maximum Gasteiger partial charge on any atom is 0.226 e. The zero-order valence-electron chi connectivity index (χ0n) is 19.5. The summed E-state index contributed by atoms with van der Waals surface area (Å²) in [6, 6.07) is 6.11. The van der Waals surface area contributed by atoms with Crippen LogP contribution in [0.4, 0.5) is 0 Å². The van der Waals surface area contributed by atoms with E-state index in [1.54, 1.807) is 0 Å². The highest BCUT2D eigenvalue weighted by Gasteiger charge is 2.09. The molecule has 2 rings (SSSR count). The van der Waals surface area contributed by atoms with Gasteiger partial charge in [-0.25, -0.2) is 0 Å². The number of guanidine groups is 1. The first kappa shape index (κ1) is 24.5. The lowest BCUT2D eigenvalue weighted by atomic mass is 10.1. The number of hydrogen-bond donors (Lipinski definition) is 2. The molecule has 0 unspecified atom stereocenters. The van der Waals surface area contributed by atoms with Crippen molar-refractivity contribution >= 4 is 5.96 Å². The molecule has 0 atom stereocenters. The van der Waals surface area contributed by atoms with Crippen molar-refractivity contribution in [3.63, 3.8) is 0 Å². The molecule has 0 saturated carbocycles. The standard InChI is InChI=1S/C23H37N5O3/c1-6-24-23(25-14-9-10-21-27-22(17(4)5)28-31-21)26-15-13-18-11-12-19(29-7-2)20(16-18)30-8-3/h11-12,16-17H,6-10,13-15H2,1-5H3,(H2,24,25,26). The number of aromatic nitrogens is 2. The molecule has 172 valence electrons. The van der Waals surface area contributed by atoms with E-state index in [1.807, 2.05) is 19.9 Å². The molecule has 2 aromatic rings. The molecule has 0 bridgehead atoms. The fourth-order valence-electron chi connectivity index (χ4n) is 2.94. The van der Waals surface area contributed by atoms with Gasteiger partial charge in [0.2, 0.25) is 5.89 Å². The summed E-state index contributed by atoms with van der Waals surface area (Å²) >= 11 is 0. The Bertz CT molecular complexity index is 804. The third-order valence-corrected chi connectivity index (χ3v) is 4.48. The van der Waals surface area contributed by atoms with Gasteiger partial charge in [0.05, 0.1) is 13.2 Å². The van der Waals surface area contributed by atoms with E-state index >= 15 is 0 Å². The molecule has 0 aliphatic carbocycles. The Hall–Kier alpha value is -2.77. The van der Waals surface area contributed by atoms with Crippen LogP contribution in [0.15, 0.2) is 27.7 Å². The Kier molecular flexibility index (Phi) is 10.7. The predicted octanol–water partition coefficient (Wildman–Crippen LogP) is 3.72. The SMILES string of the molecule is CCNC(=NCCCc1nc(C(C)C)no1)NCCc1ccc(OCC)c(OCC)c1. The minimum absolute atomic E-state index is 0.278. The topological polar surface area (TPSA) is 93.8 Å². The predicted molar refractivity (Wildman–Crippen MR) is 123 cm³/mol. The van der Waals surface area contributed by atoms with Crippen molar-refractivity contribution < 1.29 is 14.0 Å². The van der Waals surface area contributed by atoms with Crippen LogP contribution in [0, 0.1) is 0 Å². The van der Waals surface area contributed by atoms with Gasteiger partial charge in [-0.05, 0) is 51.3 Å². The molecule has 2 N–H and O–H groups in total. The number of nitrogens with zero attached hydrogens (tertiary/aromatic N) is 3. The highest BCUT2D eigenvalue weighted by molar-refractivity contribution is 5.79. The molecule has 8 heteroatoms. The van der Waals surface area contributed by atoms with Crippen molar-refractivity contribution in [3.8, 4) is 11.5 Å². The van der Waals surface area contributed by atoms with Gasteiger partial charge in [0.1, 0.15) is 0 Å². The van der Waals surface area contributed by atoms with Crippen molar-refractivity contribution in [2.45, 2.75) is 59.8 Å². The summed E-state index contributed by atoms with van der Waals surface area (Å²) in [5.41, 5.74) is 1.19. The third kappa shape index (κ3) is 8.47. The van der Waals surface area contributed by atoms with Gasteiger partial charge in [0, 0.05) is 32.0 Å². The number of aliphatic imine (C=N–C) groups is 1. The van der Waals surface area contributed by atoms with E-state index in [4.69, 9.17) is 14.0 Å². The monoisotopic (exact) mass is 431 g/mol. The van der Waals surface area contributed by atoms with Gasteiger partial charge in [0.15, 0.2) is 23.3 Å². The number of benzene rings is 1. The first-order valence-electron chi connectivity index (χ1n) is 11.3. The van der Waals surface area contributed by atoms with E-state index in [2.05, 4.69) is 58.7 Å². The van der Waals surface area contributed by atoms with Crippen LogP contribution in [0.3, 0.4) is 0 Å². The number of aryl methyl sites for hydroxylation is 1. The number of ether oxygens (including phenoxy) is 2. The van der Waals surface area contributed by atoms with Crippen molar-refractivity contribution in [2.75, 3.05) is 32.8 Å². The zero-order valence-corrected chi connectivity index (χ0v) is 19.5. The molecule has 31 heavy (non-hydrogen) atoms. The lowest BCUT2D eigenvalue weighted by Crippen LogP contribution is -2.38. The Labute approximate surface area is 185 Å². The Morgan fingerprint density at radius 2 is 1.84 bits per heavy atom. The highest BCUT2D eigenvalue weighted by Crippen LogP contribution is 2.28. The molecule has 0 amide bonds. The van der Waals surface area contributed by atoms with Gasteiger partial charge in [0.25, 0.3) is 0 Å².